The van der Waals surface area contributed by atoms with Gasteiger partial charge in [-0.2, -0.15) is 4.31 Å². The quantitative estimate of drug-likeness (QED) is 0.687. The fourth-order valence-corrected chi connectivity index (χ4v) is 6.73. The lowest BCUT2D eigenvalue weighted by atomic mass is 9.69. The number of fused-ring (bicyclic) bond motifs is 4. The van der Waals surface area contributed by atoms with E-state index in [0.717, 1.165) is 27.9 Å². The maximum atomic E-state index is 12.8. The van der Waals surface area contributed by atoms with Crippen LogP contribution in [-0.2, 0) is 27.3 Å². The standard InChI is InChI=1S/C23H34N4O5S/c1-24(2)13-20(29)26-10-8-23(9-11-26)15-27(33(5,30)31)19(14-28)22-21(23)17-7-6-16(32-4)12-18(17)25(22)3/h6-7,12,19,28H,8-11,13-15H2,1-5H3/t19-/m1/s1. The number of aliphatic hydroxyl groups is 1. The molecule has 0 unspecified atom stereocenters. The Balaban J connectivity index is 1.86. The highest BCUT2D eigenvalue weighted by molar-refractivity contribution is 7.88. The Morgan fingerprint density at radius 2 is 1.94 bits per heavy atom. The van der Waals surface area contributed by atoms with Crippen LogP contribution in [0.25, 0.3) is 10.9 Å². The van der Waals surface area contributed by atoms with E-state index in [1.165, 1.54) is 10.6 Å². The highest BCUT2D eigenvalue weighted by Gasteiger charge is 2.50. The number of amides is 1. The van der Waals surface area contributed by atoms with Crippen LogP contribution in [0.5, 0.6) is 5.75 Å². The second-order valence-electron chi connectivity index (χ2n) is 9.61. The lowest BCUT2D eigenvalue weighted by Gasteiger charge is -2.49. The zero-order chi connectivity index (χ0) is 24.1. The molecule has 2 aliphatic heterocycles. The minimum Gasteiger partial charge on any atom is -0.497 e. The van der Waals surface area contributed by atoms with Gasteiger partial charge in [-0.15, -0.1) is 0 Å². The van der Waals surface area contributed by atoms with Crippen LogP contribution in [0.15, 0.2) is 18.2 Å². The van der Waals surface area contributed by atoms with Crippen molar-refractivity contribution in [1.82, 2.24) is 18.7 Å². The third-order valence-electron chi connectivity index (χ3n) is 7.23. The number of piperidine rings is 1. The number of benzene rings is 1. The highest BCUT2D eigenvalue weighted by atomic mass is 32.2. The fourth-order valence-electron chi connectivity index (χ4n) is 5.62. The van der Waals surface area contributed by atoms with Gasteiger partial charge in [-0.25, -0.2) is 8.42 Å². The number of hydrogen-bond acceptors (Lipinski definition) is 6. The van der Waals surface area contributed by atoms with Crippen molar-refractivity contribution in [1.29, 1.82) is 0 Å². The largest absolute Gasteiger partial charge is 0.497 e. The number of carbonyl (C=O) groups is 1. The summed E-state index contributed by atoms with van der Waals surface area (Å²) in [5.41, 5.74) is 2.43. The SMILES string of the molecule is COc1ccc2c3c(n(C)c2c1)[C@@H](CO)N(S(C)(=O)=O)CC31CCN(C(=O)CN(C)C)CC1. The van der Waals surface area contributed by atoms with E-state index >= 15 is 0 Å². The molecule has 1 spiro atoms. The van der Waals surface area contributed by atoms with E-state index in [0.29, 0.717) is 39.0 Å². The van der Waals surface area contributed by atoms with Crippen LogP contribution in [-0.4, -0.2) is 98.4 Å². The van der Waals surface area contributed by atoms with Gasteiger partial charge in [0.05, 0.1) is 38.1 Å². The molecule has 1 atom stereocenters. The van der Waals surface area contributed by atoms with Crippen molar-refractivity contribution in [3.63, 3.8) is 0 Å². The molecule has 0 saturated carbocycles. The number of aromatic nitrogens is 1. The van der Waals surface area contributed by atoms with Crippen LogP contribution in [0.4, 0.5) is 0 Å². The molecule has 1 amide bonds. The first kappa shape index (κ1) is 24.0. The molecule has 33 heavy (non-hydrogen) atoms. The Labute approximate surface area is 195 Å². The van der Waals surface area contributed by atoms with Crippen LogP contribution in [0, 0.1) is 0 Å². The molecule has 4 rings (SSSR count). The van der Waals surface area contributed by atoms with E-state index in [1.54, 1.807) is 7.11 Å². The van der Waals surface area contributed by atoms with Gasteiger partial charge in [-0.05, 0) is 44.6 Å². The summed E-state index contributed by atoms with van der Waals surface area (Å²) >= 11 is 0. The van der Waals surface area contributed by atoms with E-state index in [9.17, 15) is 18.3 Å². The van der Waals surface area contributed by atoms with Gasteiger partial charge in [0.15, 0.2) is 0 Å². The number of sulfonamides is 1. The number of likely N-dealkylation sites (N-methyl/N-ethyl adjacent to an activating group) is 1. The number of likely N-dealkylation sites (tertiary alicyclic amines) is 1. The number of carbonyl (C=O) groups excluding carboxylic acids is 1. The van der Waals surface area contributed by atoms with Gasteiger partial charge < -0.3 is 24.2 Å². The van der Waals surface area contributed by atoms with Crippen LogP contribution in [0.1, 0.15) is 30.1 Å². The summed E-state index contributed by atoms with van der Waals surface area (Å²) in [4.78, 5) is 16.4. The number of rotatable bonds is 5. The molecular weight excluding hydrogens is 444 g/mol. The Kier molecular flexibility index (Phi) is 6.24. The topological polar surface area (TPSA) is 95.3 Å². The number of aryl methyl sites for hydroxylation is 1. The smallest absolute Gasteiger partial charge is 0.236 e. The van der Waals surface area contributed by atoms with Gasteiger partial charge in [-0.1, -0.05) is 0 Å². The normalized spacial score (nSPS) is 21.1. The van der Waals surface area contributed by atoms with Crippen molar-refractivity contribution in [2.45, 2.75) is 24.3 Å². The number of methoxy groups -OCH3 is 1. The first-order chi connectivity index (χ1) is 15.5. The molecule has 1 aromatic heterocycles. The molecule has 10 heteroatoms. The van der Waals surface area contributed by atoms with Gasteiger partial charge in [-0.3, -0.25) is 4.79 Å². The molecule has 9 nitrogen and oxygen atoms in total. The zero-order valence-electron chi connectivity index (χ0n) is 20.0. The second kappa shape index (κ2) is 8.57. The van der Waals surface area contributed by atoms with Crippen LogP contribution in [0.2, 0.25) is 0 Å². The second-order valence-corrected chi connectivity index (χ2v) is 11.5. The van der Waals surface area contributed by atoms with E-state index in [4.69, 9.17) is 4.74 Å². The first-order valence-electron chi connectivity index (χ1n) is 11.2. The van der Waals surface area contributed by atoms with Gasteiger partial charge >= 0.3 is 0 Å². The monoisotopic (exact) mass is 478 g/mol. The summed E-state index contributed by atoms with van der Waals surface area (Å²) in [7, 11) is 3.71. The van der Waals surface area contributed by atoms with Gasteiger partial charge in [0, 0.05) is 49.2 Å². The predicted octanol–water partition coefficient (Wildman–Crippen LogP) is 0.917. The molecule has 2 aliphatic rings. The summed E-state index contributed by atoms with van der Waals surface area (Å²) in [6.45, 7) is 1.49. The summed E-state index contributed by atoms with van der Waals surface area (Å²) in [6, 6.07) is 5.25. The minimum absolute atomic E-state index is 0.0849. The molecule has 1 N–H and O–H groups in total. The third kappa shape index (κ3) is 4.03. The number of aliphatic hydroxyl groups excluding tert-OH is 1. The molecule has 0 bridgehead atoms. The van der Waals surface area contributed by atoms with E-state index in [2.05, 4.69) is 0 Å². The maximum absolute atomic E-state index is 12.8. The lowest BCUT2D eigenvalue weighted by Crippen LogP contribution is -2.56. The molecule has 182 valence electrons. The molecule has 0 aliphatic carbocycles. The van der Waals surface area contributed by atoms with Crippen molar-refractivity contribution in [2.75, 3.05) is 60.2 Å². The molecular formula is C23H34N4O5S. The Hall–Kier alpha value is -2.14. The van der Waals surface area contributed by atoms with Crippen molar-refractivity contribution >= 4 is 26.8 Å². The molecule has 1 aromatic carbocycles. The van der Waals surface area contributed by atoms with Gasteiger partial charge in [0.25, 0.3) is 0 Å². The van der Waals surface area contributed by atoms with Crippen molar-refractivity contribution < 1.29 is 23.1 Å². The van der Waals surface area contributed by atoms with E-state index in [1.807, 2.05) is 53.7 Å². The van der Waals surface area contributed by atoms with Crippen LogP contribution < -0.4 is 4.74 Å². The van der Waals surface area contributed by atoms with E-state index in [-0.39, 0.29) is 12.5 Å². The van der Waals surface area contributed by atoms with E-state index < -0.39 is 21.5 Å². The van der Waals surface area contributed by atoms with Gasteiger partial charge in [0.2, 0.25) is 15.9 Å². The highest BCUT2D eigenvalue weighted by Crippen LogP contribution is 2.50. The number of ether oxygens (including phenoxy) is 1. The first-order valence-corrected chi connectivity index (χ1v) is 13.0. The van der Waals surface area contributed by atoms with Gasteiger partial charge in [0.1, 0.15) is 5.75 Å². The lowest BCUT2D eigenvalue weighted by molar-refractivity contribution is -0.133. The van der Waals surface area contributed by atoms with Crippen molar-refractivity contribution in [3.8, 4) is 5.75 Å². The number of hydrogen-bond donors (Lipinski definition) is 1. The number of nitrogens with zero attached hydrogens (tertiary/aromatic N) is 4. The Morgan fingerprint density at radius 1 is 1.27 bits per heavy atom. The summed E-state index contributed by atoms with van der Waals surface area (Å²) in [6.07, 6.45) is 2.53. The molecule has 3 heterocycles. The fraction of sp³-hybridized carbons (Fsp3) is 0.609. The molecule has 1 saturated heterocycles. The van der Waals surface area contributed by atoms with Crippen LogP contribution >= 0.6 is 0 Å². The Bertz CT molecular complexity index is 1170. The molecule has 0 radical (unpaired) electrons. The molecule has 1 fully saturated rings. The average Bonchev–Trinajstić information content (AvgIpc) is 3.06. The zero-order valence-corrected chi connectivity index (χ0v) is 20.9. The summed E-state index contributed by atoms with van der Waals surface area (Å²) in [5, 5.41) is 11.4. The third-order valence-corrected chi connectivity index (χ3v) is 8.46. The van der Waals surface area contributed by atoms with Crippen LogP contribution in [0.3, 0.4) is 0 Å². The van der Waals surface area contributed by atoms with Crippen molar-refractivity contribution in [3.05, 3.63) is 29.5 Å². The average molecular weight is 479 g/mol. The minimum atomic E-state index is -3.57. The predicted molar refractivity (Wildman–Crippen MR) is 127 cm³/mol. The van der Waals surface area contributed by atoms with Crippen molar-refractivity contribution in [2.24, 2.45) is 7.05 Å². The summed E-state index contributed by atoms with van der Waals surface area (Å²) in [5.74, 6) is 0.806. The summed E-state index contributed by atoms with van der Waals surface area (Å²) < 4.78 is 34.5. The molecule has 2 aromatic rings. The maximum Gasteiger partial charge on any atom is 0.236 e. The Morgan fingerprint density at radius 3 is 2.48 bits per heavy atom.